The highest BCUT2D eigenvalue weighted by atomic mass is 35.5. The molecule has 0 bridgehead atoms. The van der Waals surface area contributed by atoms with Gasteiger partial charge in [0.15, 0.2) is 0 Å². The second kappa shape index (κ2) is 4.85. The van der Waals surface area contributed by atoms with Crippen LogP contribution >= 0.6 is 11.6 Å². The number of rotatable bonds is 2. The van der Waals surface area contributed by atoms with Gasteiger partial charge in [-0.2, -0.15) is 0 Å². The van der Waals surface area contributed by atoms with Crippen molar-refractivity contribution in [3.8, 4) is 0 Å². The summed E-state index contributed by atoms with van der Waals surface area (Å²) in [6.45, 7) is 0. The third-order valence-corrected chi connectivity index (χ3v) is 4.48. The van der Waals surface area contributed by atoms with Gasteiger partial charge in [-0.3, -0.25) is 0 Å². The molecule has 0 N–H and O–H groups in total. The molecule has 0 amide bonds. The highest BCUT2D eigenvalue weighted by Gasteiger charge is 2.26. The smallest absolute Gasteiger partial charge is 0.125 e. The molecule has 0 unspecified atom stereocenters. The lowest BCUT2D eigenvalue weighted by atomic mass is 10.1. The number of nitrogens with zero attached hydrogens (tertiary/aromatic N) is 2. The van der Waals surface area contributed by atoms with Gasteiger partial charge in [-0.15, -0.1) is 11.6 Å². The van der Waals surface area contributed by atoms with E-state index in [-0.39, 0.29) is 11.9 Å². The van der Waals surface area contributed by atoms with E-state index in [2.05, 4.69) is 33.8 Å². The Morgan fingerprint density at radius 2 is 1.86 bits per heavy atom. The Hall–Kier alpha value is -1.87. The summed E-state index contributed by atoms with van der Waals surface area (Å²) in [5, 5.41) is 0. The topological polar surface area (TPSA) is 17.8 Å². The molecule has 2 aromatic carbocycles. The van der Waals surface area contributed by atoms with Gasteiger partial charge in [0.05, 0.1) is 16.9 Å². The average Bonchev–Trinajstić information content (AvgIpc) is 3.06. The first-order chi connectivity index (χ1) is 10.3. The number of fused-ring (bicyclic) bond motifs is 2. The predicted octanol–water partition coefficient (Wildman–Crippen LogP) is 4.25. The molecule has 0 fully saturated rings. The average molecular weight is 301 g/mol. The summed E-state index contributed by atoms with van der Waals surface area (Å²) >= 11 is 6.06. The van der Waals surface area contributed by atoms with Crippen molar-refractivity contribution in [1.82, 2.24) is 9.55 Å². The Morgan fingerprint density at radius 1 is 1.14 bits per heavy atom. The van der Waals surface area contributed by atoms with Crippen LogP contribution in [0.4, 0.5) is 4.39 Å². The van der Waals surface area contributed by atoms with Gasteiger partial charge < -0.3 is 4.57 Å². The number of aromatic nitrogens is 2. The molecule has 0 spiro atoms. The van der Waals surface area contributed by atoms with Crippen molar-refractivity contribution in [3.63, 3.8) is 0 Å². The Labute approximate surface area is 127 Å². The molecule has 4 rings (SSSR count). The Balaban J connectivity index is 1.85. The summed E-state index contributed by atoms with van der Waals surface area (Å²) in [6.07, 6.45) is 1.89. The van der Waals surface area contributed by atoms with Crippen LogP contribution in [0, 0.1) is 5.82 Å². The van der Waals surface area contributed by atoms with Crippen molar-refractivity contribution >= 4 is 22.6 Å². The number of benzene rings is 2. The normalized spacial score (nSPS) is 14.8. The maximum Gasteiger partial charge on any atom is 0.125 e. The number of halogens is 2. The summed E-state index contributed by atoms with van der Waals surface area (Å²) < 4.78 is 15.7. The van der Waals surface area contributed by atoms with E-state index in [1.807, 2.05) is 0 Å². The first-order valence-electron chi connectivity index (χ1n) is 7.05. The summed E-state index contributed by atoms with van der Waals surface area (Å²) in [4.78, 5) is 4.54. The third kappa shape index (κ3) is 2.04. The fraction of sp³-hybridized carbons (Fsp3) is 0.235. The maximum atomic E-state index is 13.6. The number of hydrogen-bond donors (Lipinski definition) is 0. The van der Waals surface area contributed by atoms with Gasteiger partial charge in [0.1, 0.15) is 11.6 Å². The fourth-order valence-corrected chi connectivity index (χ4v) is 3.52. The van der Waals surface area contributed by atoms with Gasteiger partial charge in [0.25, 0.3) is 0 Å². The van der Waals surface area contributed by atoms with Crippen molar-refractivity contribution in [2.24, 2.45) is 0 Å². The zero-order chi connectivity index (χ0) is 14.4. The van der Waals surface area contributed by atoms with Crippen LogP contribution in [-0.4, -0.2) is 9.55 Å². The van der Waals surface area contributed by atoms with Gasteiger partial charge in [-0.05, 0) is 42.2 Å². The molecule has 1 heterocycles. The van der Waals surface area contributed by atoms with Crippen molar-refractivity contribution in [3.05, 3.63) is 65.2 Å². The Morgan fingerprint density at radius 3 is 2.52 bits per heavy atom. The van der Waals surface area contributed by atoms with E-state index < -0.39 is 0 Å². The molecule has 3 aromatic rings. The summed E-state index contributed by atoms with van der Waals surface area (Å²) in [6, 6.07) is 13.4. The molecular weight excluding hydrogens is 287 g/mol. The Bertz CT molecular complexity index is 800. The summed E-state index contributed by atoms with van der Waals surface area (Å²) in [5.41, 5.74) is 4.37. The van der Waals surface area contributed by atoms with E-state index in [4.69, 9.17) is 11.6 Å². The maximum absolute atomic E-state index is 13.6. The molecule has 0 radical (unpaired) electrons. The lowest BCUT2D eigenvalue weighted by Gasteiger charge is -2.15. The highest BCUT2D eigenvalue weighted by Crippen LogP contribution is 2.34. The monoisotopic (exact) mass is 300 g/mol. The van der Waals surface area contributed by atoms with Crippen molar-refractivity contribution < 1.29 is 4.39 Å². The van der Waals surface area contributed by atoms with E-state index in [1.54, 1.807) is 12.1 Å². The fourth-order valence-electron chi connectivity index (χ4n) is 3.34. The SMILES string of the molecule is Fc1ccc2nc(CCl)n(C3Cc4ccccc4C3)c2c1. The van der Waals surface area contributed by atoms with Crippen LogP contribution in [0.2, 0.25) is 0 Å². The highest BCUT2D eigenvalue weighted by molar-refractivity contribution is 6.16. The summed E-state index contributed by atoms with van der Waals surface area (Å²) in [7, 11) is 0. The summed E-state index contributed by atoms with van der Waals surface area (Å²) in [5.74, 6) is 0.915. The molecule has 1 aliphatic rings. The van der Waals surface area contributed by atoms with Crippen LogP contribution in [0.5, 0.6) is 0 Å². The van der Waals surface area contributed by atoms with E-state index in [1.165, 1.54) is 17.2 Å². The van der Waals surface area contributed by atoms with Crippen LogP contribution < -0.4 is 0 Å². The molecule has 106 valence electrons. The third-order valence-electron chi connectivity index (χ3n) is 4.24. The van der Waals surface area contributed by atoms with E-state index in [0.717, 1.165) is 29.7 Å². The Kier molecular flexibility index (Phi) is 2.96. The molecule has 21 heavy (non-hydrogen) atoms. The minimum absolute atomic E-state index is 0.236. The van der Waals surface area contributed by atoms with Crippen LogP contribution in [0.15, 0.2) is 42.5 Å². The molecule has 2 nitrogen and oxygen atoms in total. The molecule has 1 aromatic heterocycles. The van der Waals surface area contributed by atoms with E-state index in [9.17, 15) is 4.39 Å². The van der Waals surface area contributed by atoms with Crippen LogP contribution in [0.3, 0.4) is 0 Å². The first-order valence-corrected chi connectivity index (χ1v) is 7.59. The molecule has 0 aliphatic heterocycles. The zero-order valence-corrected chi connectivity index (χ0v) is 12.1. The first kappa shape index (κ1) is 12.8. The number of imidazole rings is 1. The number of alkyl halides is 1. The van der Waals surface area contributed by atoms with E-state index >= 15 is 0 Å². The molecule has 0 saturated carbocycles. The van der Waals surface area contributed by atoms with Crippen molar-refractivity contribution in [1.29, 1.82) is 0 Å². The zero-order valence-electron chi connectivity index (χ0n) is 11.4. The van der Waals surface area contributed by atoms with Crippen LogP contribution in [0.25, 0.3) is 11.0 Å². The lowest BCUT2D eigenvalue weighted by Crippen LogP contribution is -2.12. The largest absolute Gasteiger partial charge is 0.323 e. The molecule has 0 atom stereocenters. The molecule has 1 aliphatic carbocycles. The minimum atomic E-state index is -0.236. The number of hydrogen-bond acceptors (Lipinski definition) is 1. The van der Waals surface area contributed by atoms with Gasteiger partial charge in [-0.25, -0.2) is 9.37 Å². The molecular formula is C17H14ClFN2. The van der Waals surface area contributed by atoms with Gasteiger partial charge in [-0.1, -0.05) is 24.3 Å². The quantitative estimate of drug-likeness (QED) is 0.647. The van der Waals surface area contributed by atoms with Gasteiger partial charge in [0, 0.05) is 6.04 Å². The second-order valence-corrected chi connectivity index (χ2v) is 5.76. The van der Waals surface area contributed by atoms with Crippen LogP contribution in [-0.2, 0) is 18.7 Å². The van der Waals surface area contributed by atoms with E-state index in [0.29, 0.717) is 5.88 Å². The molecule has 4 heteroatoms. The van der Waals surface area contributed by atoms with Crippen molar-refractivity contribution in [2.75, 3.05) is 0 Å². The van der Waals surface area contributed by atoms with Gasteiger partial charge >= 0.3 is 0 Å². The minimum Gasteiger partial charge on any atom is -0.323 e. The molecule has 0 saturated heterocycles. The van der Waals surface area contributed by atoms with Crippen LogP contribution in [0.1, 0.15) is 23.0 Å². The standard InChI is InChI=1S/C17H14ClFN2/c18-10-17-20-15-6-5-13(19)9-16(15)21(17)14-7-11-3-1-2-4-12(11)8-14/h1-6,9,14H,7-8,10H2. The predicted molar refractivity (Wildman–Crippen MR) is 82.1 cm³/mol. The lowest BCUT2D eigenvalue weighted by molar-refractivity contribution is 0.527. The van der Waals surface area contributed by atoms with Gasteiger partial charge in [0.2, 0.25) is 0 Å². The van der Waals surface area contributed by atoms with Crippen molar-refractivity contribution in [2.45, 2.75) is 24.8 Å². The second-order valence-electron chi connectivity index (χ2n) is 5.50.